The fourth-order valence-corrected chi connectivity index (χ4v) is 8.25. The molecule has 0 radical (unpaired) electrons. The van der Waals surface area contributed by atoms with Crippen LogP contribution in [0.1, 0.15) is 60.4 Å². The van der Waals surface area contributed by atoms with Gasteiger partial charge in [-0.15, -0.1) is 0 Å². The second kappa shape index (κ2) is 11.1. The number of sulfonamides is 1. The molecule has 3 aromatic heterocycles. The van der Waals surface area contributed by atoms with Gasteiger partial charge in [-0.2, -0.15) is 5.10 Å². The fraction of sp³-hybridized carbons (Fsp3) is 0.448. The number of aromatic nitrogens is 4. The lowest BCUT2D eigenvalue weighted by atomic mass is 9.79. The van der Waals surface area contributed by atoms with E-state index in [0.29, 0.717) is 31.4 Å². The van der Waals surface area contributed by atoms with Gasteiger partial charge < -0.3 is 9.84 Å². The molecule has 0 bridgehead atoms. The minimum absolute atomic E-state index is 0.103. The van der Waals surface area contributed by atoms with Crippen LogP contribution in [0.4, 0.5) is 0 Å². The van der Waals surface area contributed by atoms with Crippen molar-refractivity contribution in [1.29, 1.82) is 0 Å². The third kappa shape index (κ3) is 5.53. The lowest BCUT2D eigenvalue weighted by Crippen LogP contribution is -2.43. The molecule has 10 nitrogen and oxygen atoms in total. The molecule has 1 aliphatic heterocycles. The zero-order valence-electron chi connectivity index (χ0n) is 22.2. The molecule has 1 atom stereocenters. The Balaban J connectivity index is 1.05. The average molecular weight is 564 g/mol. The van der Waals surface area contributed by atoms with Crippen molar-refractivity contribution in [2.24, 2.45) is 11.8 Å². The summed E-state index contributed by atoms with van der Waals surface area (Å²) in [6, 6.07) is 8.29. The Hall–Kier alpha value is -3.57. The van der Waals surface area contributed by atoms with E-state index in [4.69, 9.17) is 9.84 Å². The van der Waals surface area contributed by atoms with Crippen molar-refractivity contribution >= 4 is 37.9 Å². The predicted molar refractivity (Wildman–Crippen MR) is 151 cm³/mol. The number of carboxylic acids is 1. The zero-order chi connectivity index (χ0) is 27.7. The number of hydrogen-bond donors (Lipinski definition) is 2. The van der Waals surface area contributed by atoms with Crippen LogP contribution >= 0.6 is 0 Å². The Labute approximate surface area is 232 Å². The maximum atomic E-state index is 13.4. The maximum absolute atomic E-state index is 13.4. The summed E-state index contributed by atoms with van der Waals surface area (Å²) < 4.78 is 34.4. The fourth-order valence-electron chi connectivity index (χ4n) is 6.27. The molecule has 0 amide bonds. The molecule has 1 unspecified atom stereocenters. The number of carbonyl (C=O) groups is 1. The van der Waals surface area contributed by atoms with Crippen LogP contribution in [0.15, 0.2) is 48.9 Å². The Bertz CT molecular complexity index is 1610. The Morgan fingerprint density at radius 3 is 2.60 bits per heavy atom. The number of aromatic carboxylic acids is 1. The van der Waals surface area contributed by atoms with E-state index in [1.807, 2.05) is 12.3 Å². The standard InChI is InChI=1S/C29H33N5O5S/c35-29(36)22-7-9-23(10-8-22)39-17-20-2-1-13-34(16-20)40(37,38)18-19-3-5-21(6-4-19)25-14-32-33-26-15-31-28-24(27(25)26)11-12-30-28/h7-12,14-15,19-21,33H,1-6,13,16-18H2,(H,35,36). The monoisotopic (exact) mass is 563 g/mol. The molecular formula is C29H33N5O5S. The van der Waals surface area contributed by atoms with E-state index in [9.17, 15) is 13.2 Å². The lowest BCUT2D eigenvalue weighted by Gasteiger charge is -2.34. The molecule has 0 spiro atoms. The van der Waals surface area contributed by atoms with Gasteiger partial charge >= 0.3 is 5.97 Å². The summed E-state index contributed by atoms with van der Waals surface area (Å²) in [6.45, 7) is 1.42. The first-order chi connectivity index (χ1) is 19.4. The number of H-pyrrole nitrogens is 1. The summed E-state index contributed by atoms with van der Waals surface area (Å²) >= 11 is 0. The number of piperidine rings is 1. The number of fused-ring (bicyclic) bond motifs is 3. The van der Waals surface area contributed by atoms with E-state index in [0.717, 1.165) is 60.5 Å². The topological polar surface area (TPSA) is 138 Å². The smallest absolute Gasteiger partial charge is 0.335 e. The van der Waals surface area contributed by atoms with Crippen molar-refractivity contribution in [3.05, 3.63) is 60.0 Å². The Kier molecular flexibility index (Phi) is 7.41. The van der Waals surface area contributed by atoms with Gasteiger partial charge in [0.15, 0.2) is 5.65 Å². The summed E-state index contributed by atoms with van der Waals surface area (Å²) in [6.07, 6.45) is 10.8. The number of pyridine rings is 1. The van der Waals surface area contributed by atoms with Crippen molar-refractivity contribution in [3.8, 4) is 5.75 Å². The molecule has 4 heterocycles. The zero-order valence-corrected chi connectivity index (χ0v) is 23.0. The van der Waals surface area contributed by atoms with E-state index in [1.54, 1.807) is 28.8 Å². The van der Waals surface area contributed by atoms with Crippen LogP contribution in [0.3, 0.4) is 0 Å². The van der Waals surface area contributed by atoms with Crippen molar-refractivity contribution in [2.45, 2.75) is 44.4 Å². The summed E-state index contributed by atoms with van der Waals surface area (Å²) in [4.78, 5) is 19.8. The van der Waals surface area contributed by atoms with Crippen LogP contribution in [0.5, 0.6) is 5.75 Å². The van der Waals surface area contributed by atoms with Crippen molar-refractivity contribution in [2.75, 3.05) is 25.4 Å². The molecule has 40 heavy (non-hydrogen) atoms. The molecule has 1 saturated carbocycles. The molecule has 6 rings (SSSR count). The van der Waals surface area contributed by atoms with Crippen molar-refractivity contribution < 1.29 is 23.1 Å². The van der Waals surface area contributed by atoms with Crippen molar-refractivity contribution in [3.63, 3.8) is 0 Å². The van der Waals surface area contributed by atoms with Crippen LogP contribution < -0.4 is 4.74 Å². The molecule has 2 aliphatic rings. The van der Waals surface area contributed by atoms with E-state index in [1.165, 1.54) is 17.7 Å². The van der Waals surface area contributed by atoms with Gasteiger partial charge in [-0.3, -0.25) is 5.10 Å². The number of nitrogens with one attached hydrogen (secondary N) is 1. The molecule has 11 heteroatoms. The number of aromatic amines is 1. The van der Waals surface area contributed by atoms with Gasteiger partial charge in [0.1, 0.15) is 5.75 Å². The minimum Gasteiger partial charge on any atom is -0.493 e. The molecule has 1 saturated heterocycles. The van der Waals surface area contributed by atoms with Crippen LogP contribution in [-0.4, -0.2) is 69.4 Å². The number of ether oxygens (including phenoxy) is 1. The van der Waals surface area contributed by atoms with E-state index in [2.05, 4.69) is 20.2 Å². The number of rotatable bonds is 8. The molecule has 210 valence electrons. The summed E-state index contributed by atoms with van der Waals surface area (Å²) in [5, 5.41) is 18.6. The van der Waals surface area contributed by atoms with Gasteiger partial charge in [-0.1, -0.05) is 0 Å². The lowest BCUT2D eigenvalue weighted by molar-refractivity contribution is 0.0697. The van der Waals surface area contributed by atoms with Crippen LogP contribution in [-0.2, 0) is 10.0 Å². The number of nitrogens with zero attached hydrogens (tertiary/aromatic N) is 4. The quantitative estimate of drug-likeness (QED) is 0.317. The van der Waals surface area contributed by atoms with Gasteiger partial charge in [0, 0.05) is 36.0 Å². The van der Waals surface area contributed by atoms with Gasteiger partial charge in [0.2, 0.25) is 10.0 Å². The highest BCUT2D eigenvalue weighted by atomic mass is 32.2. The molecule has 1 aliphatic carbocycles. The molecule has 2 fully saturated rings. The minimum atomic E-state index is -3.37. The third-order valence-electron chi connectivity index (χ3n) is 8.41. The maximum Gasteiger partial charge on any atom is 0.335 e. The third-order valence-corrected chi connectivity index (χ3v) is 10.4. The van der Waals surface area contributed by atoms with E-state index in [-0.39, 0.29) is 23.2 Å². The Morgan fingerprint density at radius 1 is 1.02 bits per heavy atom. The first-order valence-electron chi connectivity index (χ1n) is 13.9. The van der Waals surface area contributed by atoms with Crippen molar-refractivity contribution in [1.82, 2.24) is 24.5 Å². The molecule has 2 N–H and O–H groups in total. The van der Waals surface area contributed by atoms with Gasteiger partial charge in [0.05, 0.1) is 35.8 Å². The highest BCUT2D eigenvalue weighted by Crippen LogP contribution is 2.40. The number of hydrogen-bond acceptors (Lipinski definition) is 7. The first-order valence-corrected chi connectivity index (χ1v) is 15.5. The van der Waals surface area contributed by atoms with Crippen LogP contribution in [0.25, 0.3) is 21.9 Å². The van der Waals surface area contributed by atoms with E-state index < -0.39 is 16.0 Å². The normalized spacial score (nSPS) is 22.4. The summed E-state index contributed by atoms with van der Waals surface area (Å²) in [7, 11) is -3.37. The highest BCUT2D eigenvalue weighted by molar-refractivity contribution is 7.89. The SMILES string of the molecule is O=C(O)c1ccc(OCC2CCCN(S(=O)(=O)CC3CCC(c4cn[nH]c5cnc6nccc6c45)CC3)C2)cc1. The largest absolute Gasteiger partial charge is 0.493 e. The van der Waals surface area contributed by atoms with Crippen LogP contribution in [0.2, 0.25) is 0 Å². The summed E-state index contributed by atoms with van der Waals surface area (Å²) in [5.74, 6) is 0.366. The van der Waals surface area contributed by atoms with Gasteiger partial charge in [-0.05, 0) is 86.3 Å². The number of carboxylic acid groups (broad SMARTS) is 1. The summed E-state index contributed by atoms with van der Waals surface area (Å²) in [5.41, 5.74) is 3.02. The first kappa shape index (κ1) is 26.6. The van der Waals surface area contributed by atoms with Gasteiger partial charge in [0.25, 0.3) is 0 Å². The molecular weight excluding hydrogens is 530 g/mol. The predicted octanol–water partition coefficient (Wildman–Crippen LogP) is 4.60. The average Bonchev–Trinajstić information content (AvgIpc) is 3.46. The van der Waals surface area contributed by atoms with Crippen LogP contribution in [0, 0.1) is 11.8 Å². The molecule has 1 aromatic carbocycles. The second-order valence-electron chi connectivity index (χ2n) is 11.1. The van der Waals surface area contributed by atoms with E-state index >= 15 is 0 Å². The number of benzene rings is 1. The highest BCUT2D eigenvalue weighted by Gasteiger charge is 2.33. The molecule has 4 aromatic rings. The van der Waals surface area contributed by atoms with Gasteiger partial charge in [-0.25, -0.2) is 27.5 Å². The second-order valence-corrected chi connectivity index (χ2v) is 13.1. The Morgan fingerprint density at radius 2 is 1.82 bits per heavy atom.